The molecule has 0 atom stereocenters. The summed E-state index contributed by atoms with van der Waals surface area (Å²) in [7, 11) is 0. The lowest BCUT2D eigenvalue weighted by Crippen LogP contribution is -2.32. The van der Waals surface area contributed by atoms with Crippen molar-refractivity contribution in [2.75, 3.05) is 0 Å². The fourth-order valence-electron chi connectivity index (χ4n) is 2.87. The summed E-state index contributed by atoms with van der Waals surface area (Å²) in [4.78, 5) is 23.6. The molecule has 0 unspecified atom stereocenters. The van der Waals surface area contributed by atoms with E-state index >= 15 is 0 Å². The van der Waals surface area contributed by atoms with Crippen molar-refractivity contribution in [3.63, 3.8) is 0 Å². The Balaban J connectivity index is 2.14. The van der Waals surface area contributed by atoms with E-state index in [2.05, 4.69) is 0 Å². The van der Waals surface area contributed by atoms with Gasteiger partial charge in [0.05, 0.1) is 10.3 Å². The number of alkyl halides is 3. The number of hydrogen-bond donors (Lipinski definition) is 1. The molecule has 0 aliphatic carbocycles. The van der Waals surface area contributed by atoms with Gasteiger partial charge in [-0.3, -0.25) is 9.59 Å². The number of halogens is 3. The number of carbonyl (C=O) groups is 1. The third kappa shape index (κ3) is 2.21. The van der Waals surface area contributed by atoms with Crippen molar-refractivity contribution in [3.8, 4) is 0 Å². The smallest absolute Gasteiger partial charge is 0.425 e. The lowest BCUT2D eigenvalue weighted by atomic mass is 10.1. The van der Waals surface area contributed by atoms with E-state index in [-0.39, 0.29) is 15.6 Å². The molecule has 0 aliphatic rings. The van der Waals surface area contributed by atoms with Crippen LogP contribution in [0.2, 0.25) is 0 Å². The molecule has 25 heavy (non-hydrogen) atoms. The second-order valence-electron chi connectivity index (χ2n) is 5.48. The number of fused-ring (bicyclic) bond motifs is 5. The monoisotopic (exact) mass is 363 g/mol. The number of thiophene rings is 1. The molecule has 4 nitrogen and oxygen atoms in total. The van der Waals surface area contributed by atoms with E-state index in [1.54, 1.807) is 6.07 Å². The highest BCUT2D eigenvalue weighted by molar-refractivity contribution is 7.26. The molecule has 0 saturated heterocycles. The second kappa shape index (κ2) is 5.06. The first-order chi connectivity index (χ1) is 11.8. The standard InChI is InChI=1S/C17H8F3NO3S/c18-17(19,20)15(22)11-7-8-5-6-10-9-3-1-2-4-12(9)25-14(10)13(8)21(24)16(11)23/h1-7,24H. The molecule has 0 aliphatic heterocycles. The summed E-state index contributed by atoms with van der Waals surface area (Å²) < 4.78 is 39.6. The molecule has 2 heterocycles. The SMILES string of the molecule is O=C(c1cc2ccc3c4ccccc4sc3c2n(O)c1=O)C(F)(F)F. The fraction of sp³-hybridized carbons (Fsp3) is 0.0588. The van der Waals surface area contributed by atoms with E-state index in [9.17, 15) is 28.0 Å². The van der Waals surface area contributed by atoms with Crippen LogP contribution in [0.15, 0.2) is 47.3 Å². The number of carbonyl (C=O) groups excluding carboxylic acids is 1. The average molecular weight is 363 g/mol. The van der Waals surface area contributed by atoms with Gasteiger partial charge in [-0.15, -0.1) is 16.1 Å². The van der Waals surface area contributed by atoms with E-state index < -0.39 is 23.1 Å². The Kier molecular flexibility index (Phi) is 3.17. The lowest BCUT2D eigenvalue weighted by molar-refractivity contribution is -0.0887. The Morgan fingerprint density at radius 1 is 1.08 bits per heavy atom. The summed E-state index contributed by atoms with van der Waals surface area (Å²) in [6.45, 7) is 0. The minimum atomic E-state index is -5.19. The predicted octanol–water partition coefficient (Wildman–Crippen LogP) is 4.35. The van der Waals surface area contributed by atoms with Crippen molar-refractivity contribution in [3.05, 3.63) is 58.4 Å². The van der Waals surface area contributed by atoms with Crippen LogP contribution in [0, 0.1) is 0 Å². The van der Waals surface area contributed by atoms with Gasteiger partial charge in [-0.05, 0) is 12.1 Å². The van der Waals surface area contributed by atoms with Crippen molar-refractivity contribution < 1.29 is 23.2 Å². The number of rotatable bonds is 1. The summed E-state index contributed by atoms with van der Waals surface area (Å²) in [5.74, 6) is -2.28. The second-order valence-corrected chi connectivity index (χ2v) is 6.53. The number of hydrogen-bond acceptors (Lipinski definition) is 4. The van der Waals surface area contributed by atoms with Gasteiger partial charge in [-0.25, -0.2) is 0 Å². The van der Waals surface area contributed by atoms with Crippen molar-refractivity contribution in [1.82, 2.24) is 4.73 Å². The Morgan fingerprint density at radius 3 is 2.52 bits per heavy atom. The van der Waals surface area contributed by atoms with Gasteiger partial charge in [-0.1, -0.05) is 30.3 Å². The van der Waals surface area contributed by atoms with Crippen LogP contribution in [0.3, 0.4) is 0 Å². The van der Waals surface area contributed by atoms with Gasteiger partial charge in [0, 0.05) is 20.9 Å². The van der Waals surface area contributed by atoms with Crippen LogP contribution in [-0.4, -0.2) is 21.9 Å². The summed E-state index contributed by atoms with van der Waals surface area (Å²) >= 11 is 1.31. The summed E-state index contributed by atoms with van der Waals surface area (Å²) in [5.41, 5.74) is -2.41. The van der Waals surface area contributed by atoms with E-state index in [0.717, 1.165) is 21.5 Å². The van der Waals surface area contributed by atoms with E-state index in [1.165, 1.54) is 17.4 Å². The largest absolute Gasteiger partial charge is 0.455 e. The Labute approximate surface area is 141 Å². The molecule has 0 radical (unpaired) electrons. The summed E-state index contributed by atoms with van der Waals surface area (Å²) in [6, 6.07) is 11.5. The zero-order valence-corrected chi connectivity index (χ0v) is 13.1. The van der Waals surface area contributed by atoms with Gasteiger partial charge in [0.2, 0.25) is 0 Å². The first-order valence-electron chi connectivity index (χ1n) is 7.10. The quantitative estimate of drug-likeness (QED) is 0.404. The van der Waals surface area contributed by atoms with Crippen molar-refractivity contribution in [2.24, 2.45) is 0 Å². The van der Waals surface area contributed by atoms with E-state index in [1.807, 2.05) is 24.3 Å². The van der Waals surface area contributed by atoms with Crippen molar-refractivity contribution in [1.29, 1.82) is 0 Å². The molecular formula is C17H8F3NO3S. The van der Waals surface area contributed by atoms with Crippen molar-refractivity contribution in [2.45, 2.75) is 6.18 Å². The molecule has 126 valence electrons. The van der Waals surface area contributed by atoms with Gasteiger partial charge in [0.15, 0.2) is 0 Å². The first-order valence-corrected chi connectivity index (χ1v) is 7.91. The fourth-order valence-corrected chi connectivity index (χ4v) is 4.12. The Hall–Kier alpha value is -2.87. The summed E-state index contributed by atoms with van der Waals surface area (Å²) in [5, 5.41) is 12.0. The highest BCUT2D eigenvalue weighted by Crippen LogP contribution is 2.37. The van der Waals surface area contributed by atoms with Crippen LogP contribution >= 0.6 is 11.3 Å². The van der Waals surface area contributed by atoms with Gasteiger partial charge in [-0.2, -0.15) is 13.2 Å². The molecule has 1 N–H and O–H groups in total. The van der Waals surface area contributed by atoms with Gasteiger partial charge < -0.3 is 5.21 Å². The number of ketones is 1. The molecule has 4 aromatic rings. The summed E-state index contributed by atoms with van der Waals surface area (Å²) in [6.07, 6.45) is -5.19. The first kappa shape index (κ1) is 15.6. The molecule has 0 bridgehead atoms. The highest BCUT2D eigenvalue weighted by atomic mass is 32.1. The Morgan fingerprint density at radius 2 is 1.80 bits per heavy atom. The molecule has 0 saturated carbocycles. The number of Topliss-reactive ketones (excluding diaryl/α,β-unsaturated/α-hetero) is 1. The zero-order valence-electron chi connectivity index (χ0n) is 12.3. The zero-order chi connectivity index (χ0) is 17.9. The minimum absolute atomic E-state index is 0.0856. The van der Waals surface area contributed by atoms with Crippen molar-refractivity contribution >= 4 is 48.2 Å². The Bertz CT molecular complexity index is 1240. The molecule has 8 heteroatoms. The van der Waals surface area contributed by atoms with Crippen LogP contribution in [0.1, 0.15) is 10.4 Å². The molecule has 0 amide bonds. The van der Waals surface area contributed by atoms with E-state index in [0.29, 0.717) is 4.70 Å². The number of aromatic nitrogens is 1. The van der Waals surface area contributed by atoms with Crippen LogP contribution in [-0.2, 0) is 0 Å². The third-order valence-electron chi connectivity index (χ3n) is 3.99. The number of pyridine rings is 1. The minimum Gasteiger partial charge on any atom is -0.425 e. The van der Waals surface area contributed by atoms with Crippen LogP contribution < -0.4 is 5.56 Å². The molecule has 4 rings (SSSR count). The molecule has 0 spiro atoms. The predicted molar refractivity (Wildman–Crippen MR) is 88.7 cm³/mol. The highest BCUT2D eigenvalue weighted by Gasteiger charge is 2.41. The maximum Gasteiger partial charge on any atom is 0.455 e. The lowest BCUT2D eigenvalue weighted by Gasteiger charge is -2.09. The number of benzene rings is 2. The molecule has 2 aromatic carbocycles. The maximum atomic E-state index is 12.7. The normalized spacial score (nSPS) is 12.3. The van der Waals surface area contributed by atoms with E-state index in [4.69, 9.17) is 0 Å². The van der Waals surface area contributed by atoms with Crippen LogP contribution in [0.4, 0.5) is 13.2 Å². The van der Waals surface area contributed by atoms with Gasteiger partial charge in [0.25, 0.3) is 11.3 Å². The molecular weight excluding hydrogens is 355 g/mol. The van der Waals surface area contributed by atoms with Crippen LogP contribution in [0.25, 0.3) is 31.1 Å². The molecule has 2 aromatic heterocycles. The maximum absolute atomic E-state index is 12.7. The van der Waals surface area contributed by atoms with Gasteiger partial charge in [0.1, 0.15) is 5.52 Å². The van der Waals surface area contributed by atoms with Gasteiger partial charge >= 0.3 is 6.18 Å². The van der Waals surface area contributed by atoms with Crippen LogP contribution in [0.5, 0.6) is 0 Å². The number of nitrogens with zero attached hydrogens (tertiary/aromatic N) is 1. The molecule has 0 fully saturated rings. The third-order valence-corrected chi connectivity index (χ3v) is 5.18. The average Bonchev–Trinajstić information content (AvgIpc) is 2.94. The topological polar surface area (TPSA) is 59.3 Å².